The minimum atomic E-state index is -0.0300. The summed E-state index contributed by atoms with van der Waals surface area (Å²) in [6, 6.07) is 16.4. The highest BCUT2D eigenvalue weighted by Gasteiger charge is 2.10. The quantitative estimate of drug-likeness (QED) is 0.786. The Morgan fingerprint density at radius 2 is 1.81 bits per heavy atom. The van der Waals surface area contributed by atoms with Crippen LogP contribution in [0.25, 0.3) is 22.0 Å². The lowest BCUT2D eigenvalue weighted by atomic mass is 10.0. The van der Waals surface area contributed by atoms with Gasteiger partial charge in [-0.05, 0) is 47.6 Å². The van der Waals surface area contributed by atoms with Gasteiger partial charge in [0.15, 0.2) is 0 Å². The third kappa shape index (κ3) is 3.57. The monoisotopic (exact) mass is 348 g/mol. The molecule has 0 spiro atoms. The Balaban J connectivity index is 1.54. The highest BCUT2D eigenvalue weighted by Crippen LogP contribution is 2.22. The Kier molecular flexibility index (Phi) is 4.87. The predicted molar refractivity (Wildman–Crippen MR) is 106 cm³/mol. The van der Waals surface area contributed by atoms with Gasteiger partial charge in [0.1, 0.15) is 0 Å². The number of nitrogens with one attached hydrogen (secondary N) is 1. The third-order valence-electron chi connectivity index (χ3n) is 5.19. The van der Waals surface area contributed by atoms with E-state index in [1.807, 2.05) is 25.1 Å². The number of aromatic nitrogens is 1. The van der Waals surface area contributed by atoms with E-state index in [2.05, 4.69) is 40.2 Å². The summed E-state index contributed by atoms with van der Waals surface area (Å²) in [4.78, 5) is 17.9. The molecule has 0 aliphatic carbocycles. The van der Waals surface area contributed by atoms with E-state index in [1.165, 1.54) is 5.56 Å². The lowest BCUT2D eigenvalue weighted by molar-refractivity contribution is 0.0384. The Bertz CT molecular complexity index is 954. The lowest BCUT2D eigenvalue weighted by Gasteiger charge is -2.26. The second-order valence-electron chi connectivity index (χ2n) is 6.95. The first-order chi connectivity index (χ1) is 12.7. The van der Waals surface area contributed by atoms with Crippen LogP contribution in [0.4, 0.5) is 0 Å². The van der Waals surface area contributed by atoms with Crippen LogP contribution >= 0.6 is 0 Å². The van der Waals surface area contributed by atoms with Gasteiger partial charge >= 0.3 is 0 Å². The Morgan fingerprint density at radius 3 is 2.58 bits per heavy atom. The van der Waals surface area contributed by atoms with Crippen molar-refractivity contribution in [1.29, 1.82) is 0 Å². The number of H-pyrrole nitrogens is 1. The highest BCUT2D eigenvalue weighted by atomic mass is 16.5. The number of nitrogens with zero attached hydrogens (tertiary/aromatic N) is 1. The van der Waals surface area contributed by atoms with E-state index >= 15 is 0 Å². The zero-order valence-electron chi connectivity index (χ0n) is 15.1. The lowest BCUT2D eigenvalue weighted by Crippen LogP contribution is -2.37. The maximum atomic E-state index is 12.4. The van der Waals surface area contributed by atoms with Crippen LogP contribution in [0.2, 0.25) is 0 Å². The number of fused-ring (bicyclic) bond motifs is 1. The van der Waals surface area contributed by atoms with Gasteiger partial charge in [-0.1, -0.05) is 36.4 Å². The Morgan fingerprint density at radius 1 is 1.04 bits per heavy atom. The first-order valence-electron chi connectivity index (χ1n) is 9.23. The molecule has 1 saturated heterocycles. The molecule has 4 nitrogen and oxygen atoms in total. The zero-order valence-corrected chi connectivity index (χ0v) is 15.1. The number of pyridine rings is 1. The van der Waals surface area contributed by atoms with Gasteiger partial charge in [-0.2, -0.15) is 0 Å². The number of hydrogen-bond acceptors (Lipinski definition) is 3. The minimum Gasteiger partial charge on any atom is -0.379 e. The summed E-state index contributed by atoms with van der Waals surface area (Å²) in [5.74, 6) is 0. The van der Waals surface area contributed by atoms with E-state index in [1.54, 1.807) is 0 Å². The molecule has 1 aliphatic heterocycles. The van der Waals surface area contributed by atoms with Gasteiger partial charge in [0.2, 0.25) is 0 Å². The van der Waals surface area contributed by atoms with E-state index in [-0.39, 0.29) is 5.56 Å². The van der Waals surface area contributed by atoms with Crippen LogP contribution in [0.3, 0.4) is 0 Å². The minimum absolute atomic E-state index is 0.0300. The molecule has 1 aliphatic rings. The number of morpholine rings is 1. The molecule has 4 heteroatoms. The topological polar surface area (TPSA) is 45.3 Å². The average Bonchev–Trinajstić information content (AvgIpc) is 2.68. The first kappa shape index (κ1) is 17.0. The molecule has 1 N–H and O–H groups in total. The molecular weight excluding hydrogens is 324 g/mol. The van der Waals surface area contributed by atoms with Crippen molar-refractivity contribution in [2.75, 3.05) is 32.8 Å². The smallest absolute Gasteiger partial charge is 0.256 e. The van der Waals surface area contributed by atoms with Crippen LogP contribution in [-0.4, -0.2) is 42.7 Å². The van der Waals surface area contributed by atoms with Crippen LogP contribution in [0.5, 0.6) is 0 Å². The number of aryl methyl sites for hydroxylation is 1. The van der Waals surface area contributed by atoms with Crippen molar-refractivity contribution >= 4 is 10.8 Å². The molecule has 1 fully saturated rings. The Labute approximate surface area is 153 Å². The molecule has 4 rings (SSSR count). The molecule has 0 amide bonds. The standard InChI is InChI=1S/C22H24N2O2/c1-16-3-2-4-19-20(16)15-21(23-22(19)25)18-7-5-17(6-8-18)9-10-24-11-13-26-14-12-24/h2-8,15H,9-14H2,1H3,(H,23,25). The van der Waals surface area contributed by atoms with Crippen LogP contribution in [0, 0.1) is 6.92 Å². The van der Waals surface area contributed by atoms with Crippen LogP contribution in [0.1, 0.15) is 11.1 Å². The second kappa shape index (κ2) is 7.44. The van der Waals surface area contributed by atoms with Gasteiger partial charge < -0.3 is 9.72 Å². The van der Waals surface area contributed by atoms with Crippen molar-refractivity contribution in [1.82, 2.24) is 9.88 Å². The van der Waals surface area contributed by atoms with Gasteiger partial charge in [-0.25, -0.2) is 0 Å². The van der Waals surface area contributed by atoms with E-state index in [0.717, 1.165) is 66.9 Å². The van der Waals surface area contributed by atoms with Crippen molar-refractivity contribution in [2.45, 2.75) is 13.3 Å². The zero-order chi connectivity index (χ0) is 17.9. The van der Waals surface area contributed by atoms with Gasteiger partial charge in [0.25, 0.3) is 5.56 Å². The molecule has 1 aromatic heterocycles. The van der Waals surface area contributed by atoms with Crippen LogP contribution in [-0.2, 0) is 11.2 Å². The molecular formula is C22H24N2O2. The Hall–Kier alpha value is -2.43. The van der Waals surface area contributed by atoms with E-state index in [4.69, 9.17) is 4.74 Å². The van der Waals surface area contributed by atoms with Gasteiger partial charge in [-0.15, -0.1) is 0 Å². The molecule has 26 heavy (non-hydrogen) atoms. The molecule has 0 unspecified atom stereocenters. The maximum Gasteiger partial charge on any atom is 0.256 e. The summed E-state index contributed by atoms with van der Waals surface area (Å²) in [6.07, 6.45) is 1.04. The number of rotatable bonds is 4. The van der Waals surface area contributed by atoms with Gasteiger partial charge in [-0.3, -0.25) is 9.69 Å². The summed E-state index contributed by atoms with van der Waals surface area (Å²) >= 11 is 0. The molecule has 0 radical (unpaired) electrons. The molecule has 0 atom stereocenters. The average molecular weight is 348 g/mol. The van der Waals surface area contributed by atoms with Crippen molar-refractivity contribution < 1.29 is 4.74 Å². The summed E-state index contributed by atoms with van der Waals surface area (Å²) in [5, 5.41) is 1.76. The third-order valence-corrected chi connectivity index (χ3v) is 5.19. The fourth-order valence-electron chi connectivity index (χ4n) is 3.56. The summed E-state index contributed by atoms with van der Waals surface area (Å²) < 4.78 is 5.39. The fraction of sp³-hybridized carbons (Fsp3) is 0.318. The normalized spacial score (nSPS) is 15.4. The number of hydrogen-bond donors (Lipinski definition) is 1. The van der Waals surface area contributed by atoms with Crippen molar-refractivity contribution in [3.63, 3.8) is 0 Å². The first-order valence-corrected chi connectivity index (χ1v) is 9.23. The number of aromatic amines is 1. The molecule has 0 bridgehead atoms. The molecule has 2 aromatic carbocycles. The van der Waals surface area contributed by atoms with Crippen molar-refractivity contribution in [2.24, 2.45) is 0 Å². The summed E-state index contributed by atoms with van der Waals surface area (Å²) in [7, 11) is 0. The molecule has 0 saturated carbocycles. The van der Waals surface area contributed by atoms with Crippen LogP contribution < -0.4 is 5.56 Å². The highest BCUT2D eigenvalue weighted by molar-refractivity contribution is 5.87. The largest absolute Gasteiger partial charge is 0.379 e. The van der Waals surface area contributed by atoms with E-state index in [0.29, 0.717) is 0 Å². The molecule has 134 valence electrons. The second-order valence-corrected chi connectivity index (χ2v) is 6.95. The van der Waals surface area contributed by atoms with E-state index < -0.39 is 0 Å². The van der Waals surface area contributed by atoms with E-state index in [9.17, 15) is 4.79 Å². The maximum absolute atomic E-state index is 12.4. The predicted octanol–water partition coefficient (Wildman–Crippen LogP) is 3.38. The van der Waals surface area contributed by atoms with Crippen molar-refractivity contribution in [3.8, 4) is 11.3 Å². The van der Waals surface area contributed by atoms with Gasteiger partial charge in [0.05, 0.1) is 13.2 Å². The summed E-state index contributed by atoms with van der Waals surface area (Å²) in [5.41, 5.74) is 4.33. The molecule has 2 heterocycles. The molecule has 3 aromatic rings. The van der Waals surface area contributed by atoms with Crippen LogP contribution in [0.15, 0.2) is 53.3 Å². The van der Waals surface area contributed by atoms with Crippen molar-refractivity contribution in [3.05, 3.63) is 70.0 Å². The summed E-state index contributed by atoms with van der Waals surface area (Å²) in [6.45, 7) is 6.84. The number of benzene rings is 2. The SMILES string of the molecule is Cc1cccc2c(=O)[nH]c(-c3ccc(CCN4CCOCC4)cc3)cc12. The number of ether oxygens (including phenoxy) is 1. The fourth-order valence-corrected chi connectivity index (χ4v) is 3.56. The van der Waals surface area contributed by atoms with Gasteiger partial charge in [0, 0.05) is 30.7 Å².